The minimum absolute atomic E-state index is 0.815. The second-order valence-corrected chi connectivity index (χ2v) is 5.72. The third kappa shape index (κ3) is 4.57. The molecule has 0 radical (unpaired) electrons. The van der Waals surface area contributed by atoms with E-state index in [0.717, 1.165) is 18.4 Å². The van der Waals surface area contributed by atoms with Gasteiger partial charge in [-0.25, -0.2) is 0 Å². The highest BCUT2D eigenvalue weighted by molar-refractivity contribution is 4.74. The van der Waals surface area contributed by atoms with Crippen molar-refractivity contribution in [2.45, 2.75) is 32.1 Å². The first-order chi connectivity index (χ1) is 8.38. The minimum atomic E-state index is 0.815. The number of nitrogens with one attached hydrogen (secondary N) is 1. The summed E-state index contributed by atoms with van der Waals surface area (Å²) < 4.78 is 5.25. The molecule has 0 aliphatic carbocycles. The molecule has 0 aromatic heterocycles. The fourth-order valence-corrected chi connectivity index (χ4v) is 3.15. The lowest BCUT2D eigenvalue weighted by Crippen LogP contribution is -2.37. The van der Waals surface area contributed by atoms with E-state index in [1.807, 2.05) is 7.11 Å². The van der Waals surface area contributed by atoms with Crippen LogP contribution >= 0.6 is 0 Å². The summed E-state index contributed by atoms with van der Waals surface area (Å²) in [7, 11) is 1.82. The van der Waals surface area contributed by atoms with Crippen LogP contribution in [0, 0.1) is 11.8 Å². The van der Waals surface area contributed by atoms with Crippen LogP contribution in [0.5, 0.6) is 0 Å². The number of methoxy groups -OCH3 is 1. The second kappa shape index (κ2) is 7.34. The molecule has 2 fully saturated rings. The molecule has 1 N–H and O–H groups in total. The topological polar surface area (TPSA) is 24.5 Å². The summed E-state index contributed by atoms with van der Waals surface area (Å²) >= 11 is 0. The van der Waals surface area contributed by atoms with Crippen LogP contribution in [-0.4, -0.2) is 51.3 Å². The molecule has 2 saturated heterocycles. The summed E-state index contributed by atoms with van der Waals surface area (Å²) in [5.74, 6) is 1.79. The Labute approximate surface area is 106 Å². The van der Waals surface area contributed by atoms with Gasteiger partial charge >= 0.3 is 0 Å². The first kappa shape index (κ1) is 13.3. The Kier molecular flexibility index (Phi) is 5.75. The van der Waals surface area contributed by atoms with E-state index in [4.69, 9.17) is 4.74 Å². The Balaban J connectivity index is 1.57. The molecular formula is C14H28N2O. The normalized spacial score (nSPS) is 25.2. The van der Waals surface area contributed by atoms with Crippen LogP contribution in [0.2, 0.25) is 0 Å². The standard InChI is InChI=1S/C14H28N2O/c1-17-12-14-5-10-16(11-6-14)9-4-13-2-7-15-8-3-13/h13-15H,2-12H2,1H3. The smallest absolute Gasteiger partial charge is 0.0491 e. The minimum Gasteiger partial charge on any atom is -0.384 e. The maximum absolute atomic E-state index is 5.25. The highest BCUT2D eigenvalue weighted by atomic mass is 16.5. The molecule has 0 spiro atoms. The average molecular weight is 240 g/mol. The zero-order chi connectivity index (χ0) is 11.9. The largest absolute Gasteiger partial charge is 0.384 e. The SMILES string of the molecule is COCC1CCN(CCC2CCNCC2)CC1. The molecule has 2 aliphatic heterocycles. The molecule has 0 aromatic rings. The number of hydrogen-bond donors (Lipinski definition) is 1. The third-order valence-corrected chi connectivity index (χ3v) is 4.42. The molecule has 3 heteroatoms. The summed E-state index contributed by atoms with van der Waals surface area (Å²) in [6, 6.07) is 0. The van der Waals surface area contributed by atoms with Crippen LogP contribution in [-0.2, 0) is 4.74 Å². The Bertz CT molecular complexity index is 196. The predicted molar refractivity (Wildman–Crippen MR) is 71.3 cm³/mol. The van der Waals surface area contributed by atoms with Gasteiger partial charge in [0.1, 0.15) is 0 Å². The van der Waals surface area contributed by atoms with Crippen molar-refractivity contribution in [2.75, 3.05) is 46.4 Å². The number of ether oxygens (including phenoxy) is 1. The van der Waals surface area contributed by atoms with Gasteiger partial charge in [-0.3, -0.25) is 0 Å². The van der Waals surface area contributed by atoms with Gasteiger partial charge in [0.05, 0.1) is 0 Å². The van der Waals surface area contributed by atoms with E-state index < -0.39 is 0 Å². The molecule has 0 bridgehead atoms. The molecule has 0 unspecified atom stereocenters. The lowest BCUT2D eigenvalue weighted by atomic mass is 9.93. The van der Waals surface area contributed by atoms with Gasteiger partial charge in [0.25, 0.3) is 0 Å². The highest BCUT2D eigenvalue weighted by Crippen LogP contribution is 2.20. The monoisotopic (exact) mass is 240 g/mol. The van der Waals surface area contributed by atoms with E-state index in [9.17, 15) is 0 Å². The maximum atomic E-state index is 5.25. The van der Waals surface area contributed by atoms with E-state index in [1.54, 1.807) is 0 Å². The van der Waals surface area contributed by atoms with Crippen molar-refractivity contribution in [3.8, 4) is 0 Å². The first-order valence-electron chi connectivity index (χ1n) is 7.30. The van der Waals surface area contributed by atoms with E-state index in [1.165, 1.54) is 64.8 Å². The zero-order valence-corrected chi connectivity index (χ0v) is 11.3. The highest BCUT2D eigenvalue weighted by Gasteiger charge is 2.20. The summed E-state index contributed by atoms with van der Waals surface area (Å²) in [6.45, 7) is 7.34. The van der Waals surface area contributed by atoms with Gasteiger partial charge in [-0.1, -0.05) is 0 Å². The summed E-state index contributed by atoms with van der Waals surface area (Å²) in [4.78, 5) is 2.66. The second-order valence-electron chi connectivity index (χ2n) is 5.72. The number of nitrogens with zero attached hydrogens (tertiary/aromatic N) is 1. The average Bonchev–Trinajstić information content (AvgIpc) is 2.40. The number of piperidine rings is 2. The Hall–Kier alpha value is -0.120. The Morgan fingerprint density at radius 1 is 1.06 bits per heavy atom. The van der Waals surface area contributed by atoms with E-state index >= 15 is 0 Å². The quantitative estimate of drug-likeness (QED) is 0.792. The van der Waals surface area contributed by atoms with Crippen molar-refractivity contribution in [1.29, 1.82) is 0 Å². The van der Waals surface area contributed by atoms with Crippen molar-refractivity contribution in [3.05, 3.63) is 0 Å². The molecule has 2 rings (SSSR count). The van der Waals surface area contributed by atoms with Crippen LogP contribution in [0.25, 0.3) is 0 Å². The van der Waals surface area contributed by atoms with Gasteiger partial charge in [-0.15, -0.1) is 0 Å². The molecule has 100 valence electrons. The molecule has 0 atom stereocenters. The molecule has 0 amide bonds. The van der Waals surface area contributed by atoms with Crippen molar-refractivity contribution in [1.82, 2.24) is 10.2 Å². The molecule has 0 aromatic carbocycles. The molecule has 0 saturated carbocycles. The molecule has 17 heavy (non-hydrogen) atoms. The summed E-state index contributed by atoms with van der Waals surface area (Å²) in [6.07, 6.45) is 6.86. The number of hydrogen-bond acceptors (Lipinski definition) is 3. The fraction of sp³-hybridized carbons (Fsp3) is 1.00. The van der Waals surface area contributed by atoms with Gasteiger partial charge in [-0.2, -0.15) is 0 Å². The Morgan fingerprint density at radius 3 is 2.41 bits per heavy atom. The molecule has 2 heterocycles. The zero-order valence-electron chi connectivity index (χ0n) is 11.3. The van der Waals surface area contributed by atoms with Crippen molar-refractivity contribution >= 4 is 0 Å². The summed E-state index contributed by atoms with van der Waals surface area (Å²) in [5, 5.41) is 3.45. The first-order valence-corrected chi connectivity index (χ1v) is 7.30. The predicted octanol–water partition coefficient (Wildman–Crippen LogP) is 1.73. The van der Waals surface area contributed by atoms with Crippen molar-refractivity contribution in [3.63, 3.8) is 0 Å². The van der Waals surface area contributed by atoms with Gasteiger partial charge in [0, 0.05) is 13.7 Å². The van der Waals surface area contributed by atoms with Gasteiger partial charge in [0.2, 0.25) is 0 Å². The van der Waals surface area contributed by atoms with Crippen molar-refractivity contribution in [2.24, 2.45) is 11.8 Å². The summed E-state index contributed by atoms with van der Waals surface area (Å²) in [5.41, 5.74) is 0. The molecule has 3 nitrogen and oxygen atoms in total. The number of likely N-dealkylation sites (tertiary alicyclic amines) is 1. The molecular weight excluding hydrogens is 212 g/mol. The van der Waals surface area contributed by atoms with E-state index in [-0.39, 0.29) is 0 Å². The van der Waals surface area contributed by atoms with E-state index in [0.29, 0.717) is 0 Å². The Morgan fingerprint density at radius 2 is 1.76 bits per heavy atom. The lowest BCUT2D eigenvalue weighted by Gasteiger charge is -2.33. The lowest BCUT2D eigenvalue weighted by molar-refractivity contribution is 0.0961. The number of rotatable bonds is 5. The van der Waals surface area contributed by atoms with Crippen LogP contribution in [0.3, 0.4) is 0 Å². The fourth-order valence-electron chi connectivity index (χ4n) is 3.15. The van der Waals surface area contributed by atoms with Crippen LogP contribution in [0.1, 0.15) is 32.1 Å². The van der Waals surface area contributed by atoms with Gasteiger partial charge in [-0.05, 0) is 76.7 Å². The maximum Gasteiger partial charge on any atom is 0.0491 e. The van der Waals surface area contributed by atoms with Gasteiger partial charge < -0.3 is 15.0 Å². The van der Waals surface area contributed by atoms with Crippen LogP contribution < -0.4 is 5.32 Å². The van der Waals surface area contributed by atoms with Crippen LogP contribution in [0.15, 0.2) is 0 Å². The molecule has 2 aliphatic rings. The van der Waals surface area contributed by atoms with Crippen molar-refractivity contribution < 1.29 is 4.74 Å². The third-order valence-electron chi connectivity index (χ3n) is 4.42. The van der Waals surface area contributed by atoms with Crippen LogP contribution in [0.4, 0.5) is 0 Å². The van der Waals surface area contributed by atoms with Gasteiger partial charge in [0.15, 0.2) is 0 Å². The van der Waals surface area contributed by atoms with E-state index in [2.05, 4.69) is 10.2 Å².